The first-order chi connectivity index (χ1) is 12.3. The van der Waals surface area contributed by atoms with Crippen LogP contribution in [0.4, 0.5) is 0 Å². The molecule has 0 spiro atoms. The minimum atomic E-state index is -0.789. The highest BCUT2D eigenvalue weighted by Crippen LogP contribution is 2.55. The number of aliphatic hydroxyl groups excluding tert-OH is 1. The highest BCUT2D eigenvalue weighted by atomic mass is 16.6. The number of cyclic esters (lactones) is 1. The molecular formula is C19H20O7. The third-order valence-electron chi connectivity index (χ3n) is 5.45. The second-order valence-electron chi connectivity index (χ2n) is 6.85. The fraction of sp³-hybridized carbons (Fsp3) is 0.421. The van der Waals surface area contributed by atoms with Crippen molar-refractivity contribution >= 4 is 17.9 Å². The molecule has 2 saturated heterocycles. The van der Waals surface area contributed by atoms with Crippen LogP contribution < -0.4 is 0 Å². The molecule has 0 aromatic carbocycles. The lowest BCUT2D eigenvalue weighted by Gasteiger charge is -2.51. The van der Waals surface area contributed by atoms with E-state index < -0.39 is 54.0 Å². The number of rotatable bonds is 4. The molecule has 1 saturated carbocycles. The van der Waals surface area contributed by atoms with Gasteiger partial charge in [0.1, 0.15) is 18.8 Å². The van der Waals surface area contributed by atoms with Gasteiger partial charge in [0.05, 0.1) is 18.1 Å². The van der Waals surface area contributed by atoms with Crippen molar-refractivity contribution in [1.29, 1.82) is 0 Å². The van der Waals surface area contributed by atoms with Gasteiger partial charge in [-0.25, -0.2) is 14.4 Å². The van der Waals surface area contributed by atoms with Crippen LogP contribution in [-0.2, 0) is 28.6 Å². The van der Waals surface area contributed by atoms with E-state index in [4.69, 9.17) is 19.3 Å². The van der Waals surface area contributed by atoms with Gasteiger partial charge in [-0.1, -0.05) is 25.8 Å². The highest BCUT2D eigenvalue weighted by molar-refractivity contribution is 5.93. The maximum Gasteiger partial charge on any atom is 0.336 e. The summed E-state index contributed by atoms with van der Waals surface area (Å²) in [7, 11) is 0. The number of esters is 3. The van der Waals surface area contributed by atoms with E-state index >= 15 is 0 Å². The van der Waals surface area contributed by atoms with Crippen LogP contribution >= 0.6 is 0 Å². The van der Waals surface area contributed by atoms with Crippen molar-refractivity contribution in [3.05, 3.63) is 49.1 Å². The molecule has 0 aromatic rings. The Kier molecular flexibility index (Phi) is 4.36. The molecule has 7 nitrogen and oxygen atoms in total. The van der Waals surface area contributed by atoms with E-state index in [2.05, 4.69) is 26.3 Å². The van der Waals surface area contributed by atoms with Crippen LogP contribution in [0.25, 0.3) is 0 Å². The van der Waals surface area contributed by atoms with Gasteiger partial charge >= 0.3 is 17.9 Å². The first-order valence-electron chi connectivity index (χ1n) is 8.14. The topological polar surface area (TPSA) is 99.1 Å². The first kappa shape index (κ1) is 18.1. The molecule has 2 heterocycles. The van der Waals surface area contributed by atoms with Gasteiger partial charge in [0, 0.05) is 22.5 Å². The minimum Gasteiger partial charge on any atom is -0.461 e. The summed E-state index contributed by atoms with van der Waals surface area (Å²) in [6, 6.07) is 0. The molecule has 26 heavy (non-hydrogen) atoms. The van der Waals surface area contributed by atoms with Gasteiger partial charge in [-0.15, -0.1) is 6.58 Å². The number of carbonyl (C=O) groups is 3. The predicted molar refractivity (Wildman–Crippen MR) is 89.5 cm³/mol. The molecular weight excluding hydrogens is 340 g/mol. The Morgan fingerprint density at radius 3 is 2.62 bits per heavy atom. The average Bonchev–Trinajstić information content (AvgIpc) is 2.92. The van der Waals surface area contributed by atoms with Crippen LogP contribution in [0.1, 0.15) is 6.42 Å². The van der Waals surface area contributed by atoms with E-state index in [1.54, 1.807) is 6.08 Å². The fourth-order valence-electron chi connectivity index (χ4n) is 4.06. The van der Waals surface area contributed by atoms with E-state index in [9.17, 15) is 14.4 Å². The van der Waals surface area contributed by atoms with Crippen molar-refractivity contribution in [3.63, 3.8) is 0 Å². The van der Waals surface area contributed by atoms with E-state index in [1.807, 2.05) is 0 Å². The van der Waals surface area contributed by atoms with E-state index in [-0.39, 0.29) is 29.7 Å². The number of fused-ring (bicyclic) bond motifs is 3. The van der Waals surface area contributed by atoms with E-state index in [1.165, 1.54) is 0 Å². The monoisotopic (exact) mass is 360 g/mol. The maximum atomic E-state index is 12.1. The third kappa shape index (κ3) is 2.50. The summed E-state index contributed by atoms with van der Waals surface area (Å²) >= 11 is 0. The maximum absolute atomic E-state index is 12.1. The Bertz CT molecular complexity index is 749. The zero-order chi connectivity index (χ0) is 19.2. The van der Waals surface area contributed by atoms with E-state index in [0.717, 1.165) is 0 Å². The number of carbonyl (C=O) groups excluding carboxylic acids is 3. The van der Waals surface area contributed by atoms with Crippen LogP contribution in [-0.4, -0.2) is 48.4 Å². The smallest absolute Gasteiger partial charge is 0.336 e. The largest absolute Gasteiger partial charge is 0.461 e. The van der Waals surface area contributed by atoms with Crippen molar-refractivity contribution in [2.24, 2.45) is 17.3 Å². The van der Waals surface area contributed by atoms with Gasteiger partial charge < -0.3 is 19.3 Å². The van der Waals surface area contributed by atoms with Gasteiger partial charge in [-0.3, -0.25) is 0 Å². The minimum absolute atomic E-state index is 0.0151. The SMILES string of the molecule is C=C[C@@]12COC(=O)C(=C)[C@H]1[C@@H]1OC(=O)C(=C)[C@@H]1[C@@H](OC(=O)C(=C)CO)C2. The summed E-state index contributed by atoms with van der Waals surface area (Å²) in [4.78, 5) is 36.3. The second kappa shape index (κ2) is 6.25. The summed E-state index contributed by atoms with van der Waals surface area (Å²) in [6.07, 6.45) is 0.340. The number of hydrogen-bond acceptors (Lipinski definition) is 7. The van der Waals surface area contributed by atoms with Crippen molar-refractivity contribution in [2.75, 3.05) is 13.2 Å². The van der Waals surface area contributed by atoms with Crippen LogP contribution in [0.3, 0.4) is 0 Å². The highest BCUT2D eigenvalue weighted by Gasteiger charge is 2.62. The van der Waals surface area contributed by atoms with Gasteiger partial charge in [-0.2, -0.15) is 0 Å². The molecule has 3 rings (SSSR count). The molecule has 0 unspecified atom stereocenters. The Hall–Kier alpha value is -2.67. The van der Waals surface area contributed by atoms with Gasteiger partial charge in [0.15, 0.2) is 0 Å². The van der Waals surface area contributed by atoms with Crippen LogP contribution in [0, 0.1) is 17.3 Å². The summed E-state index contributed by atoms with van der Waals surface area (Å²) in [5.41, 5.74) is -0.528. The third-order valence-corrected chi connectivity index (χ3v) is 5.45. The average molecular weight is 360 g/mol. The lowest BCUT2D eigenvalue weighted by Crippen LogP contribution is -2.57. The Balaban J connectivity index is 2.02. The summed E-state index contributed by atoms with van der Waals surface area (Å²) in [5, 5.41) is 9.08. The number of ether oxygens (including phenoxy) is 3. The molecule has 138 valence electrons. The van der Waals surface area contributed by atoms with Crippen molar-refractivity contribution in [2.45, 2.75) is 18.6 Å². The fourth-order valence-corrected chi connectivity index (χ4v) is 4.06. The molecule has 5 atom stereocenters. The Labute approximate surface area is 150 Å². The Morgan fingerprint density at radius 1 is 1.31 bits per heavy atom. The van der Waals surface area contributed by atoms with Crippen LogP contribution in [0.5, 0.6) is 0 Å². The lowest BCUT2D eigenvalue weighted by atomic mass is 9.57. The zero-order valence-electron chi connectivity index (χ0n) is 14.2. The van der Waals surface area contributed by atoms with Crippen LogP contribution in [0.15, 0.2) is 49.1 Å². The molecule has 2 aliphatic heterocycles. The quantitative estimate of drug-likeness (QED) is 0.343. The second-order valence-corrected chi connectivity index (χ2v) is 6.85. The van der Waals surface area contributed by atoms with Crippen LogP contribution in [0.2, 0.25) is 0 Å². The molecule has 0 radical (unpaired) electrons. The van der Waals surface area contributed by atoms with Crippen molar-refractivity contribution in [1.82, 2.24) is 0 Å². The molecule has 3 fully saturated rings. The molecule has 7 heteroatoms. The standard InChI is InChI=1S/C19H20O7/c1-5-19-6-12(25-16(21)9(2)7-20)13-10(3)18(23)26-15(13)14(19)11(4)17(22)24-8-19/h5,12-15,20H,1-4,6-8H2/t12-,13+,14-,15+,19+/m0/s1. The van der Waals surface area contributed by atoms with Crippen molar-refractivity contribution < 1.29 is 33.7 Å². The van der Waals surface area contributed by atoms with Crippen molar-refractivity contribution in [3.8, 4) is 0 Å². The summed E-state index contributed by atoms with van der Waals surface area (Å²) < 4.78 is 16.2. The Morgan fingerprint density at radius 2 is 2.00 bits per heavy atom. The molecule has 1 aliphatic carbocycles. The van der Waals surface area contributed by atoms with E-state index in [0.29, 0.717) is 0 Å². The lowest BCUT2D eigenvalue weighted by molar-refractivity contribution is -0.176. The van der Waals surface area contributed by atoms with Gasteiger partial charge in [-0.05, 0) is 6.42 Å². The molecule has 0 aromatic heterocycles. The summed E-state index contributed by atoms with van der Waals surface area (Å²) in [6.45, 7) is 14.3. The van der Waals surface area contributed by atoms with Gasteiger partial charge in [0.25, 0.3) is 0 Å². The number of hydrogen-bond donors (Lipinski definition) is 1. The molecule has 1 N–H and O–H groups in total. The molecule has 0 bridgehead atoms. The summed E-state index contributed by atoms with van der Waals surface area (Å²) in [5.74, 6) is -3.09. The first-order valence-corrected chi connectivity index (χ1v) is 8.14. The van der Waals surface area contributed by atoms with Gasteiger partial charge in [0.2, 0.25) is 0 Å². The zero-order valence-corrected chi connectivity index (χ0v) is 14.2. The predicted octanol–water partition coefficient (Wildman–Crippen LogP) is 0.850. The molecule has 3 aliphatic rings. The normalized spacial score (nSPS) is 35.7. The number of aliphatic hydroxyl groups is 1. The molecule has 0 amide bonds.